The molecule has 2 aromatic rings. The van der Waals surface area contributed by atoms with Gasteiger partial charge in [0.15, 0.2) is 0 Å². The average Bonchev–Trinajstić information content (AvgIpc) is 2.46. The van der Waals surface area contributed by atoms with Crippen LogP contribution in [0.5, 0.6) is 0 Å². The molecule has 1 heterocycles. The molecule has 0 unspecified atom stereocenters. The van der Waals surface area contributed by atoms with Crippen LogP contribution in [0.2, 0.25) is 0 Å². The van der Waals surface area contributed by atoms with E-state index in [1.807, 2.05) is 54.3 Å². The smallest absolute Gasteiger partial charge is 0.258 e. The first-order valence-corrected chi connectivity index (χ1v) is 7.54. The number of carbonyl (C=O) groups is 1. The van der Waals surface area contributed by atoms with Crippen molar-refractivity contribution in [2.24, 2.45) is 0 Å². The summed E-state index contributed by atoms with van der Waals surface area (Å²) < 4.78 is 0. The molecule has 3 nitrogen and oxygen atoms in total. The number of fused-ring (bicyclic) bond motifs is 1. The Kier molecular flexibility index (Phi) is 3.40. The number of nitrogens with zero attached hydrogens (tertiary/aromatic N) is 1. The molecular formula is C16H16N2OS. The van der Waals surface area contributed by atoms with E-state index >= 15 is 0 Å². The predicted octanol–water partition coefficient (Wildman–Crippen LogP) is 3.33. The van der Waals surface area contributed by atoms with Crippen LogP contribution >= 0.6 is 11.8 Å². The van der Waals surface area contributed by atoms with Gasteiger partial charge in [-0.3, -0.25) is 4.79 Å². The third-order valence-corrected chi connectivity index (χ3v) is 4.43. The lowest BCUT2D eigenvalue weighted by Crippen LogP contribution is -2.35. The van der Waals surface area contributed by atoms with Gasteiger partial charge in [-0.1, -0.05) is 17.7 Å². The summed E-state index contributed by atoms with van der Waals surface area (Å²) in [6.07, 6.45) is 0. The van der Waals surface area contributed by atoms with Crippen molar-refractivity contribution in [1.82, 2.24) is 0 Å². The number of anilines is 2. The number of hydrogen-bond donors (Lipinski definition) is 1. The first kappa shape index (κ1) is 13.1. The number of nitrogen functional groups attached to an aromatic ring is 1. The number of aryl methyl sites for hydroxylation is 1. The topological polar surface area (TPSA) is 46.3 Å². The highest BCUT2D eigenvalue weighted by molar-refractivity contribution is 7.99. The molecule has 1 aliphatic rings. The molecule has 0 bridgehead atoms. The van der Waals surface area contributed by atoms with Crippen molar-refractivity contribution in [3.8, 4) is 0 Å². The Morgan fingerprint density at radius 1 is 1.20 bits per heavy atom. The van der Waals surface area contributed by atoms with Crippen LogP contribution in [-0.4, -0.2) is 18.2 Å². The van der Waals surface area contributed by atoms with E-state index in [2.05, 4.69) is 0 Å². The minimum absolute atomic E-state index is 0.0390. The number of thioether (sulfide) groups is 1. The Hall–Kier alpha value is -1.94. The molecule has 20 heavy (non-hydrogen) atoms. The first-order valence-electron chi connectivity index (χ1n) is 6.56. The fourth-order valence-corrected chi connectivity index (χ4v) is 3.27. The van der Waals surface area contributed by atoms with Gasteiger partial charge in [0.05, 0.1) is 5.69 Å². The summed E-state index contributed by atoms with van der Waals surface area (Å²) in [5.41, 5.74) is 9.34. The number of nitrogens with two attached hydrogens (primary N) is 1. The van der Waals surface area contributed by atoms with Gasteiger partial charge in [0, 0.05) is 28.4 Å². The van der Waals surface area contributed by atoms with Gasteiger partial charge >= 0.3 is 0 Å². The highest BCUT2D eigenvalue weighted by Gasteiger charge is 2.24. The van der Waals surface area contributed by atoms with E-state index in [4.69, 9.17) is 5.73 Å². The molecule has 1 aliphatic heterocycles. The van der Waals surface area contributed by atoms with Crippen molar-refractivity contribution < 1.29 is 4.79 Å². The predicted molar refractivity (Wildman–Crippen MR) is 84.4 cm³/mol. The van der Waals surface area contributed by atoms with Gasteiger partial charge in [0.1, 0.15) is 0 Å². The number of rotatable bonds is 1. The zero-order valence-electron chi connectivity index (χ0n) is 11.3. The Morgan fingerprint density at radius 2 is 1.95 bits per heavy atom. The molecule has 0 saturated carbocycles. The van der Waals surface area contributed by atoms with Gasteiger partial charge in [-0.25, -0.2) is 0 Å². The van der Waals surface area contributed by atoms with E-state index in [0.717, 1.165) is 27.5 Å². The minimum Gasteiger partial charge on any atom is -0.399 e. The Labute approximate surface area is 122 Å². The molecule has 4 heteroatoms. The number of hydrogen-bond acceptors (Lipinski definition) is 3. The Morgan fingerprint density at radius 3 is 2.70 bits per heavy atom. The normalized spacial score (nSPS) is 13.9. The van der Waals surface area contributed by atoms with Crippen molar-refractivity contribution >= 4 is 29.0 Å². The van der Waals surface area contributed by atoms with Crippen molar-refractivity contribution in [3.63, 3.8) is 0 Å². The van der Waals surface area contributed by atoms with Crippen LogP contribution in [0.3, 0.4) is 0 Å². The summed E-state index contributed by atoms with van der Waals surface area (Å²) in [5.74, 6) is 0.950. The van der Waals surface area contributed by atoms with E-state index in [-0.39, 0.29) is 5.91 Å². The molecule has 0 aromatic heterocycles. The highest BCUT2D eigenvalue weighted by atomic mass is 32.2. The monoisotopic (exact) mass is 284 g/mol. The van der Waals surface area contributed by atoms with Gasteiger partial charge in [0.25, 0.3) is 5.91 Å². The summed E-state index contributed by atoms with van der Waals surface area (Å²) >= 11 is 1.77. The molecule has 2 N–H and O–H groups in total. The molecule has 0 aliphatic carbocycles. The molecule has 0 fully saturated rings. The maximum Gasteiger partial charge on any atom is 0.258 e. The second kappa shape index (κ2) is 5.21. The van der Waals surface area contributed by atoms with Gasteiger partial charge in [-0.15, -0.1) is 11.8 Å². The number of benzene rings is 2. The lowest BCUT2D eigenvalue weighted by Gasteiger charge is -2.29. The van der Waals surface area contributed by atoms with Gasteiger partial charge in [0.2, 0.25) is 0 Å². The quantitative estimate of drug-likeness (QED) is 0.817. The summed E-state index contributed by atoms with van der Waals surface area (Å²) in [7, 11) is 0. The van der Waals surface area contributed by atoms with Crippen LogP contribution in [-0.2, 0) is 0 Å². The van der Waals surface area contributed by atoms with E-state index in [9.17, 15) is 4.79 Å². The van der Waals surface area contributed by atoms with Crippen molar-refractivity contribution in [1.29, 1.82) is 0 Å². The average molecular weight is 284 g/mol. The molecule has 102 valence electrons. The molecule has 3 rings (SSSR count). The summed E-state index contributed by atoms with van der Waals surface area (Å²) in [6, 6.07) is 13.4. The Bertz CT molecular complexity index is 652. The van der Waals surface area contributed by atoms with E-state index < -0.39 is 0 Å². The van der Waals surface area contributed by atoms with Crippen LogP contribution < -0.4 is 10.6 Å². The maximum absolute atomic E-state index is 12.7. The molecule has 0 saturated heterocycles. The van der Waals surface area contributed by atoms with Gasteiger partial charge in [-0.2, -0.15) is 0 Å². The summed E-state index contributed by atoms with van der Waals surface area (Å²) in [6.45, 7) is 2.73. The van der Waals surface area contributed by atoms with Crippen molar-refractivity contribution in [3.05, 3.63) is 53.6 Å². The summed E-state index contributed by atoms with van der Waals surface area (Å²) in [5, 5.41) is 0. The third kappa shape index (κ3) is 2.39. The standard InChI is InChI=1S/C16H16N2OS/c1-11-2-4-12(5-3-11)16(19)18-8-9-20-15-7-6-13(17)10-14(15)18/h2-7,10H,8-9,17H2,1H3. The minimum atomic E-state index is 0.0390. The lowest BCUT2D eigenvalue weighted by atomic mass is 10.1. The first-order chi connectivity index (χ1) is 9.65. The fraction of sp³-hybridized carbons (Fsp3) is 0.188. The van der Waals surface area contributed by atoms with E-state index in [0.29, 0.717) is 12.2 Å². The van der Waals surface area contributed by atoms with Crippen LogP contribution in [0.1, 0.15) is 15.9 Å². The Balaban J connectivity index is 1.97. The molecular weight excluding hydrogens is 268 g/mol. The van der Waals surface area contributed by atoms with Crippen LogP contribution in [0.15, 0.2) is 47.4 Å². The largest absolute Gasteiger partial charge is 0.399 e. The third-order valence-electron chi connectivity index (χ3n) is 3.39. The second-order valence-electron chi connectivity index (χ2n) is 4.90. The zero-order valence-corrected chi connectivity index (χ0v) is 12.1. The van der Waals surface area contributed by atoms with Gasteiger partial charge < -0.3 is 10.6 Å². The lowest BCUT2D eigenvalue weighted by molar-refractivity contribution is 0.0987. The van der Waals surface area contributed by atoms with Crippen LogP contribution in [0.25, 0.3) is 0 Å². The van der Waals surface area contributed by atoms with E-state index in [1.54, 1.807) is 11.8 Å². The van der Waals surface area contributed by atoms with Crippen LogP contribution in [0.4, 0.5) is 11.4 Å². The number of carbonyl (C=O) groups excluding carboxylic acids is 1. The molecule has 0 spiro atoms. The molecule has 0 atom stereocenters. The molecule has 0 radical (unpaired) electrons. The molecule has 2 aromatic carbocycles. The second-order valence-corrected chi connectivity index (χ2v) is 6.04. The van der Waals surface area contributed by atoms with Crippen molar-refractivity contribution in [2.45, 2.75) is 11.8 Å². The van der Waals surface area contributed by atoms with Gasteiger partial charge in [-0.05, 0) is 37.3 Å². The maximum atomic E-state index is 12.7. The number of amides is 1. The SMILES string of the molecule is Cc1ccc(C(=O)N2CCSc3ccc(N)cc32)cc1. The zero-order chi connectivity index (χ0) is 14.1. The van der Waals surface area contributed by atoms with Crippen molar-refractivity contribution in [2.75, 3.05) is 22.9 Å². The van der Waals surface area contributed by atoms with Crippen LogP contribution in [0, 0.1) is 6.92 Å². The van der Waals surface area contributed by atoms with E-state index in [1.165, 1.54) is 0 Å². The molecule has 1 amide bonds. The summed E-state index contributed by atoms with van der Waals surface area (Å²) in [4.78, 5) is 15.6. The highest BCUT2D eigenvalue weighted by Crippen LogP contribution is 2.36. The fourth-order valence-electron chi connectivity index (χ4n) is 2.30.